The number of hydrogen-bond acceptors (Lipinski definition) is 3. The fraction of sp³-hybridized carbons (Fsp3) is 0.929. The van der Waals surface area contributed by atoms with E-state index in [0.29, 0.717) is 30.8 Å². The molecule has 1 heterocycles. The van der Waals surface area contributed by atoms with E-state index < -0.39 is 11.5 Å². The predicted molar refractivity (Wildman–Crippen MR) is 71.4 cm³/mol. The van der Waals surface area contributed by atoms with E-state index in [9.17, 15) is 9.90 Å². The van der Waals surface area contributed by atoms with Gasteiger partial charge in [-0.15, -0.1) is 0 Å². The second-order valence-electron chi connectivity index (χ2n) is 6.31. The van der Waals surface area contributed by atoms with Crippen molar-refractivity contribution in [3.8, 4) is 0 Å². The van der Waals surface area contributed by atoms with Gasteiger partial charge in [0.05, 0.1) is 0 Å². The van der Waals surface area contributed by atoms with Gasteiger partial charge in [0.2, 0.25) is 0 Å². The first-order chi connectivity index (χ1) is 8.44. The van der Waals surface area contributed by atoms with Crippen LogP contribution in [0.25, 0.3) is 0 Å². The van der Waals surface area contributed by atoms with Gasteiger partial charge in [-0.05, 0) is 57.9 Å². The molecule has 1 saturated carbocycles. The molecule has 1 aliphatic heterocycles. The van der Waals surface area contributed by atoms with E-state index in [1.165, 1.54) is 12.8 Å². The number of aliphatic carboxylic acids is 1. The highest BCUT2D eigenvalue weighted by Crippen LogP contribution is 2.34. The van der Waals surface area contributed by atoms with Crippen molar-refractivity contribution in [3.05, 3.63) is 0 Å². The number of rotatable bonds is 2. The molecule has 0 amide bonds. The second-order valence-corrected chi connectivity index (χ2v) is 6.31. The van der Waals surface area contributed by atoms with E-state index in [4.69, 9.17) is 5.73 Å². The van der Waals surface area contributed by atoms with Crippen molar-refractivity contribution in [2.24, 2.45) is 11.7 Å². The van der Waals surface area contributed by atoms with E-state index in [0.717, 1.165) is 19.4 Å². The van der Waals surface area contributed by atoms with Crippen molar-refractivity contribution in [3.63, 3.8) is 0 Å². The van der Waals surface area contributed by atoms with Crippen LogP contribution in [0.2, 0.25) is 0 Å². The number of nitrogens with two attached hydrogens (primary N) is 1. The van der Waals surface area contributed by atoms with Crippen LogP contribution in [0.1, 0.15) is 52.4 Å². The summed E-state index contributed by atoms with van der Waals surface area (Å²) in [5.74, 6) is -0.123. The fourth-order valence-corrected chi connectivity index (χ4v) is 3.64. The summed E-state index contributed by atoms with van der Waals surface area (Å²) < 4.78 is 0. The molecule has 0 bridgehead atoms. The van der Waals surface area contributed by atoms with Crippen molar-refractivity contribution < 1.29 is 9.90 Å². The Kier molecular flexibility index (Phi) is 3.97. The molecule has 0 radical (unpaired) electrons. The first-order valence-electron chi connectivity index (χ1n) is 7.22. The van der Waals surface area contributed by atoms with Crippen molar-refractivity contribution in [2.75, 3.05) is 6.54 Å². The molecule has 0 aromatic heterocycles. The largest absolute Gasteiger partial charge is 0.480 e. The number of carboxylic acids is 1. The van der Waals surface area contributed by atoms with E-state index in [2.05, 4.69) is 18.7 Å². The molecule has 1 aliphatic carbocycles. The highest BCUT2D eigenvalue weighted by Gasteiger charge is 2.42. The Balaban J connectivity index is 2.06. The third kappa shape index (κ3) is 2.54. The summed E-state index contributed by atoms with van der Waals surface area (Å²) in [7, 11) is 0. The van der Waals surface area contributed by atoms with Crippen LogP contribution in [0.4, 0.5) is 0 Å². The molecule has 4 heteroatoms. The van der Waals surface area contributed by atoms with Gasteiger partial charge in [0.1, 0.15) is 5.54 Å². The van der Waals surface area contributed by atoms with Crippen LogP contribution in [-0.2, 0) is 4.79 Å². The molecule has 4 unspecified atom stereocenters. The van der Waals surface area contributed by atoms with Gasteiger partial charge in [-0.3, -0.25) is 9.69 Å². The monoisotopic (exact) mass is 254 g/mol. The number of carboxylic acid groups (broad SMARTS) is 1. The van der Waals surface area contributed by atoms with Crippen LogP contribution >= 0.6 is 0 Å². The lowest BCUT2D eigenvalue weighted by atomic mass is 9.77. The van der Waals surface area contributed by atoms with Crippen LogP contribution in [0.15, 0.2) is 0 Å². The maximum absolute atomic E-state index is 11.3. The predicted octanol–water partition coefficient (Wildman–Crippen LogP) is 1.83. The zero-order valence-corrected chi connectivity index (χ0v) is 11.6. The number of likely N-dealkylation sites (tertiary alicyclic amines) is 1. The first kappa shape index (κ1) is 13.8. The lowest BCUT2D eigenvalue weighted by Crippen LogP contribution is -2.58. The van der Waals surface area contributed by atoms with Crippen molar-refractivity contribution in [1.82, 2.24) is 4.90 Å². The zero-order chi connectivity index (χ0) is 13.3. The van der Waals surface area contributed by atoms with E-state index >= 15 is 0 Å². The van der Waals surface area contributed by atoms with Gasteiger partial charge in [-0.1, -0.05) is 6.92 Å². The Morgan fingerprint density at radius 2 is 2.06 bits per heavy atom. The highest BCUT2D eigenvalue weighted by molar-refractivity contribution is 5.78. The van der Waals surface area contributed by atoms with Gasteiger partial charge in [0, 0.05) is 12.1 Å². The number of hydrogen-bond donors (Lipinski definition) is 2. The molecule has 0 aromatic carbocycles. The SMILES string of the molecule is CC1CCCN(C2CCCC(N)(C(=O)O)C2)C1C. The molecule has 2 rings (SSSR count). The average molecular weight is 254 g/mol. The minimum Gasteiger partial charge on any atom is -0.480 e. The smallest absolute Gasteiger partial charge is 0.323 e. The highest BCUT2D eigenvalue weighted by atomic mass is 16.4. The van der Waals surface area contributed by atoms with E-state index in [1.807, 2.05) is 0 Å². The topological polar surface area (TPSA) is 66.6 Å². The lowest BCUT2D eigenvalue weighted by Gasteiger charge is -2.47. The minimum absolute atomic E-state index is 0.359. The molecule has 4 nitrogen and oxygen atoms in total. The molecule has 4 atom stereocenters. The molecule has 104 valence electrons. The average Bonchev–Trinajstić information content (AvgIpc) is 2.32. The Morgan fingerprint density at radius 1 is 1.33 bits per heavy atom. The summed E-state index contributed by atoms with van der Waals surface area (Å²) in [6.45, 7) is 5.68. The van der Waals surface area contributed by atoms with Gasteiger partial charge < -0.3 is 10.8 Å². The van der Waals surface area contributed by atoms with E-state index in [-0.39, 0.29) is 0 Å². The molecular weight excluding hydrogens is 228 g/mol. The molecule has 18 heavy (non-hydrogen) atoms. The summed E-state index contributed by atoms with van der Waals surface area (Å²) in [6, 6.07) is 0.914. The quantitative estimate of drug-likeness (QED) is 0.789. The third-order valence-corrected chi connectivity index (χ3v) is 5.08. The van der Waals surface area contributed by atoms with Crippen molar-refractivity contribution in [2.45, 2.75) is 70.0 Å². The van der Waals surface area contributed by atoms with Crippen LogP contribution in [0.3, 0.4) is 0 Å². The van der Waals surface area contributed by atoms with Crippen LogP contribution < -0.4 is 5.73 Å². The van der Waals surface area contributed by atoms with Gasteiger partial charge in [-0.25, -0.2) is 0 Å². The molecule has 3 N–H and O–H groups in total. The Labute approximate surface area is 110 Å². The Morgan fingerprint density at radius 3 is 2.72 bits per heavy atom. The number of carbonyl (C=O) groups is 1. The van der Waals surface area contributed by atoms with Gasteiger partial charge >= 0.3 is 5.97 Å². The fourth-order valence-electron chi connectivity index (χ4n) is 3.64. The zero-order valence-electron chi connectivity index (χ0n) is 11.6. The molecule has 2 fully saturated rings. The first-order valence-corrected chi connectivity index (χ1v) is 7.22. The summed E-state index contributed by atoms with van der Waals surface area (Å²) in [5.41, 5.74) is 5.06. The molecular formula is C14H26N2O2. The standard InChI is InChI=1S/C14H26N2O2/c1-10-5-4-8-16(11(10)2)12-6-3-7-14(15,9-12)13(17)18/h10-12H,3-9,15H2,1-2H3,(H,17,18). The summed E-state index contributed by atoms with van der Waals surface area (Å²) in [5, 5.41) is 9.29. The van der Waals surface area contributed by atoms with Gasteiger partial charge in [0.25, 0.3) is 0 Å². The van der Waals surface area contributed by atoms with Crippen molar-refractivity contribution in [1.29, 1.82) is 0 Å². The second kappa shape index (κ2) is 5.17. The molecule has 0 spiro atoms. The van der Waals surface area contributed by atoms with Crippen LogP contribution in [-0.4, -0.2) is 40.1 Å². The normalized spacial score (nSPS) is 42.7. The van der Waals surface area contributed by atoms with Gasteiger partial charge in [0.15, 0.2) is 0 Å². The maximum atomic E-state index is 11.3. The minimum atomic E-state index is -0.997. The summed E-state index contributed by atoms with van der Waals surface area (Å²) in [6.07, 6.45) is 5.79. The molecule has 2 aliphatic rings. The van der Waals surface area contributed by atoms with Crippen molar-refractivity contribution >= 4 is 5.97 Å². The summed E-state index contributed by atoms with van der Waals surface area (Å²) >= 11 is 0. The third-order valence-electron chi connectivity index (χ3n) is 5.08. The van der Waals surface area contributed by atoms with Crippen LogP contribution in [0, 0.1) is 5.92 Å². The maximum Gasteiger partial charge on any atom is 0.323 e. The summed E-state index contributed by atoms with van der Waals surface area (Å²) in [4.78, 5) is 13.8. The molecule has 1 saturated heterocycles. The Bertz CT molecular complexity index is 321. The molecule has 0 aromatic rings. The van der Waals surface area contributed by atoms with Gasteiger partial charge in [-0.2, -0.15) is 0 Å². The Hall–Kier alpha value is -0.610. The van der Waals surface area contributed by atoms with Crippen LogP contribution in [0.5, 0.6) is 0 Å². The number of nitrogens with zero attached hydrogens (tertiary/aromatic N) is 1. The number of piperidine rings is 1. The van der Waals surface area contributed by atoms with E-state index in [1.54, 1.807) is 0 Å². The lowest BCUT2D eigenvalue weighted by molar-refractivity contribution is -0.146.